The third-order valence-corrected chi connectivity index (χ3v) is 6.53. The second kappa shape index (κ2) is 7.79. The number of hydrogen-bond donors (Lipinski definition) is 1. The van der Waals surface area contributed by atoms with Gasteiger partial charge in [0, 0.05) is 11.2 Å². The van der Waals surface area contributed by atoms with Crippen LogP contribution >= 0.6 is 22.9 Å². The molecular formula is C20H16ClN3O2S2. The van der Waals surface area contributed by atoms with Crippen LogP contribution in [-0.2, 0) is 16.6 Å². The van der Waals surface area contributed by atoms with Gasteiger partial charge in [-0.25, -0.2) is 8.42 Å². The highest BCUT2D eigenvalue weighted by atomic mass is 35.5. The van der Waals surface area contributed by atoms with Crippen LogP contribution in [0, 0.1) is 0 Å². The van der Waals surface area contributed by atoms with Gasteiger partial charge in [0.1, 0.15) is 10.6 Å². The molecule has 0 aliphatic carbocycles. The molecule has 142 valence electrons. The Kier molecular flexibility index (Phi) is 5.21. The van der Waals surface area contributed by atoms with E-state index in [0.29, 0.717) is 22.9 Å². The van der Waals surface area contributed by atoms with Crippen molar-refractivity contribution in [3.63, 3.8) is 0 Å². The van der Waals surface area contributed by atoms with E-state index < -0.39 is 10.0 Å². The number of nitrogens with one attached hydrogen (secondary N) is 1. The van der Waals surface area contributed by atoms with Crippen LogP contribution in [0.4, 0.5) is 5.69 Å². The standard InChI is InChI=1S/C20H16ClN3O2S2/c21-16-8-4-9-17(12-16)23-28(25,26)19-14-24(13-15-6-2-1-3-7-15)22-20(19)18-10-5-11-27-18/h1-12,14,23H,13H2. The number of anilines is 1. The number of thiophene rings is 1. The average molecular weight is 430 g/mol. The molecule has 4 rings (SSSR count). The quantitative estimate of drug-likeness (QED) is 0.463. The molecule has 0 fully saturated rings. The van der Waals surface area contributed by atoms with Crippen molar-refractivity contribution in [1.82, 2.24) is 9.78 Å². The largest absolute Gasteiger partial charge is 0.279 e. The van der Waals surface area contributed by atoms with Gasteiger partial charge in [0.15, 0.2) is 0 Å². The minimum atomic E-state index is -3.84. The van der Waals surface area contributed by atoms with Gasteiger partial charge >= 0.3 is 0 Å². The molecule has 0 amide bonds. The lowest BCUT2D eigenvalue weighted by molar-refractivity contribution is 0.601. The number of nitrogens with zero attached hydrogens (tertiary/aromatic N) is 2. The molecule has 1 N–H and O–H groups in total. The van der Waals surface area contributed by atoms with Crippen molar-refractivity contribution in [3.8, 4) is 10.6 Å². The Labute approximate surface area is 172 Å². The van der Waals surface area contributed by atoms with Crippen LogP contribution in [0.3, 0.4) is 0 Å². The molecule has 0 spiro atoms. The Balaban J connectivity index is 1.74. The van der Waals surface area contributed by atoms with Gasteiger partial charge in [-0.1, -0.05) is 54.1 Å². The molecule has 2 heterocycles. The second-order valence-electron chi connectivity index (χ2n) is 6.12. The van der Waals surface area contributed by atoms with Crippen molar-refractivity contribution >= 4 is 38.6 Å². The van der Waals surface area contributed by atoms with Crippen LogP contribution in [0.15, 0.2) is 83.2 Å². The van der Waals surface area contributed by atoms with Gasteiger partial charge in [0.05, 0.1) is 17.1 Å². The lowest BCUT2D eigenvalue weighted by Crippen LogP contribution is -2.13. The van der Waals surface area contributed by atoms with E-state index in [1.54, 1.807) is 35.1 Å². The van der Waals surface area contributed by atoms with Crippen LogP contribution in [0.2, 0.25) is 5.02 Å². The summed E-state index contributed by atoms with van der Waals surface area (Å²) < 4.78 is 30.4. The van der Waals surface area contributed by atoms with Crippen molar-refractivity contribution in [2.75, 3.05) is 4.72 Å². The van der Waals surface area contributed by atoms with Gasteiger partial charge in [0.2, 0.25) is 0 Å². The van der Waals surface area contributed by atoms with Gasteiger partial charge in [-0.3, -0.25) is 9.40 Å². The third kappa shape index (κ3) is 4.11. The van der Waals surface area contributed by atoms with E-state index in [4.69, 9.17) is 11.6 Å². The summed E-state index contributed by atoms with van der Waals surface area (Å²) in [6, 6.07) is 20.1. The van der Waals surface area contributed by atoms with Crippen LogP contribution in [0.1, 0.15) is 5.56 Å². The van der Waals surface area contributed by atoms with E-state index in [1.165, 1.54) is 11.3 Å². The molecule has 2 aromatic carbocycles. The fourth-order valence-corrected chi connectivity index (χ4v) is 4.99. The number of rotatable bonds is 6. The molecule has 0 bridgehead atoms. The maximum Gasteiger partial charge on any atom is 0.265 e. The van der Waals surface area contributed by atoms with Gasteiger partial charge < -0.3 is 0 Å². The fraction of sp³-hybridized carbons (Fsp3) is 0.0500. The minimum absolute atomic E-state index is 0.130. The normalized spacial score (nSPS) is 11.5. The first-order chi connectivity index (χ1) is 13.5. The molecule has 0 atom stereocenters. The smallest absolute Gasteiger partial charge is 0.265 e. The van der Waals surface area contributed by atoms with E-state index in [9.17, 15) is 8.42 Å². The summed E-state index contributed by atoms with van der Waals surface area (Å²) in [5.74, 6) is 0. The highest BCUT2D eigenvalue weighted by Crippen LogP contribution is 2.31. The summed E-state index contributed by atoms with van der Waals surface area (Å²) in [6.45, 7) is 0.478. The molecule has 28 heavy (non-hydrogen) atoms. The topological polar surface area (TPSA) is 64.0 Å². The first-order valence-electron chi connectivity index (χ1n) is 8.45. The summed E-state index contributed by atoms with van der Waals surface area (Å²) >= 11 is 7.42. The highest BCUT2D eigenvalue weighted by molar-refractivity contribution is 7.92. The molecular weight excluding hydrogens is 414 g/mol. The van der Waals surface area contributed by atoms with E-state index in [-0.39, 0.29) is 4.90 Å². The fourth-order valence-electron chi connectivity index (χ4n) is 2.80. The van der Waals surface area contributed by atoms with Crippen molar-refractivity contribution in [3.05, 3.63) is 88.9 Å². The predicted octanol–water partition coefficient (Wildman–Crippen LogP) is 5.11. The van der Waals surface area contributed by atoms with Crippen LogP contribution in [0.25, 0.3) is 10.6 Å². The first-order valence-corrected chi connectivity index (χ1v) is 11.2. The molecule has 2 aromatic heterocycles. The predicted molar refractivity (Wildman–Crippen MR) is 113 cm³/mol. The molecule has 4 aromatic rings. The Bertz CT molecular complexity index is 1190. The summed E-state index contributed by atoms with van der Waals surface area (Å²) in [6.07, 6.45) is 1.56. The summed E-state index contributed by atoms with van der Waals surface area (Å²) in [7, 11) is -3.84. The summed E-state index contributed by atoms with van der Waals surface area (Å²) in [5, 5.41) is 6.91. The molecule has 0 aliphatic rings. The molecule has 8 heteroatoms. The maximum atomic E-state index is 13.1. The van der Waals surface area contributed by atoms with Gasteiger partial charge in [-0.05, 0) is 35.2 Å². The van der Waals surface area contributed by atoms with E-state index in [0.717, 1.165) is 10.4 Å². The average Bonchev–Trinajstić information content (AvgIpc) is 3.32. The zero-order chi connectivity index (χ0) is 19.6. The number of halogens is 1. The Hall–Kier alpha value is -2.61. The van der Waals surface area contributed by atoms with Crippen LogP contribution in [0.5, 0.6) is 0 Å². The Morgan fingerprint density at radius 3 is 2.57 bits per heavy atom. The van der Waals surface area contributed by atoms with Crippen LogP contribution in [-0.4, -0.2) is 18.2 Å². The zero-order valence-electron chi connectivity index (χ0n) is 14.6. The Morgan fingerprint density at radius 2 is 1.86 bits per heavy atom. The van der Waals surface area contributed by atoms with Gasteiger partial charge in [0.25, 0.3) is 10.0 Å². The van der Waals surface area contributed by atoms with E-state index in [2.05, 4.69) is 9.82 Å². The Morgan fingerprint density at radius 1 is 1.04 bits per heavy atom. The monoisotopic (exact) mass is 429 g/mol. The van der Waals surface area contributed by atoms with Gasteiger partial charge in [-0.2, -0.15) is 5.10 Å². The van der Waals surface area contributed by atoms with E-state index >= 15 is 0 Å². The first kappa shape index (κ1) is 18.7. The number of benzene rings is 2. The van der Waals surface area contributed by atoms with Crippen molar-refractivity contribution in [1.29, 1.82) is 0 Å². The number of aromatic nitrogens is 2. The van der Waals surface area contributed by atoms with Crippen LogP contribution < -0.4 is 4.72 Å². The molecule has 0 saturated heterocycles. The lowest BCUT2D eigenvalue weighted by Gasteiger charge is -2.07. The second-order valence-corrected chi connectivity index (χ2v) is 9.15. The maximum absolute atomic E-state index is 13.1. The van der Waals surface area contributed by atoms with Crippen molar-refractivity contribution < 1.29 is 8.42 Å². The van der Waals surface area contributed by atoms with Gasteiger partial charge in [-0.15, -0.1) is 11.3 Å². The molecule has 0 unspecified atom stereocenters. The third-order valence-electron chi connectivity index (χ3n) is 4.04. The number of sulfonamides is 1. The van der Waals surface area contributed by atoms with E-state index in [1.807, 2.05) is 47.8 Å². The number of hydrogen-bond acceptors (Lipinski definition) is 4. The molecule has 0 saturated carbocycles. The SMILES string of the molecule is O=S(=O)(Nc1cccc(Cl)c1)c1cn(Cc2ccccc2)nc1-c1cccs1. The van der Waals surface area contributed by atoms with Crippen molar-refractivity contribution in [2.24, 2.45) is 0 Å². The lowest BCUT2D eigenvalue weighted by atomic mass is 10.2. The molecule has 0 aliphatic heterocycles. The van der Waals surface area contributed by atoms with Crippen molar-refractivity contribution in [2.45, 2.75) is 11.4 Å². The molecule has 5 nitrogen and oxygen atoms in total. The minimum Gasteiger partial charge on any atom is -0.279 e. The molecule has 0 radical (unpaired) electrons. The summed E-state index contributed by atoms with van der Waals surface area (Å²) in [4.78, 5) is 0.920. The summed E-state index contributed by atoms with van der Waals surface area (Å²) in [5.41, 5.74) is 1.87. The highest BCUT2D eigenvalue weighted by Gasteiger charge is 2.24. The zero-order valence-corrected chi connectivity index (χ0v) is 17.0.